The van der Waals surface area contributed by atoms with Crippen molar-refractivity contribution >= 4 is 34.8 Å². The van der Waals surface area contributed by atoms with Gasteiger partial charge in [0.1, 0.15) is 0 Å². The van der Waals surface area contributed by atoms with E-state index in [4.69, 9.17) is 11.6 Å². The van der Waals surface area contributed by atoms with Crippen LogP contribution in [-0.4, -0.2) is 18.4 Å². The molecule has 0 saturated carbocycles. The number of aryl methyl sites for hydroxylation is 3. The van der Waals surface area contributed by atoms with Crippen LogP contribution in [0.3, 0.4) is 0 Å². The summed E-state index contributed by atoms with van der Waals surface area (Å²) >= 11 is 6.06. The Morgan fingerprint density at radius 3 is 2.48 bits per heavy atom. The molecule has 0 spiro atoms. The van der Waals surface area contributed by atoms with Crippen molar-refractivity contribution in [2.24, 2.45) is 5.92 Å². The predicted octanol–water partition coefficient (Wildman–Crippen LogP) is 4.26. The average molecular weight is 357 g/mol. The van der Waals surface area contributed by atoms with Crippen molar-refractivity contribution < 1.29 is 9.59 Å². The smallest absolute Gasteiger partial charge is 0.229 e. The molecule has 4 nitrogen and oxygen atoms in total. The SMILES string of the molecule is Cc1cc(C)cc(NC(=O)C2CC(=O)N(c3cc(Cl)ccc3C)C2)c1. The molecule has 1 unspecified atom stereocenters. The lowest BCUT2D eigenvalue weighted by molar-refractivity contribution is -0.122. The minimum Gasteiger partial charge on any atom is -0.326 e. The van der Waals surface area contributed by atoms with Crippen molar-refractivity contribution in [3.63, 3.8) is 0 Å². The second-order valence-corrected chi connectivity index (χ2v) is 7.14. The average Bonchev–Trinajstić information content (AvgIpc) is 2.90. The van der Waals surface area contributed by atoms with Crippen LogP contribution in [-0.2, 0) is 9.59 Å². The van der Waals surface area contributed by atoms with Crippen molar-refractivity contribution in [1.82, 2.24) is 0 Å². The predicted molar refractivity (Wildman–Crippen MR) is 101 cm³/mol. The van der Waals surface area contributed by atoms with Crippen LogP contribution in [0.4, 0.5) is 11.4 Å². The highest BCUT2D eigenvalue weighted by atomic mass is 35.5. The first-order valence-electron chi connectivity index (χ1n) is 8.29. The summed E-state index contributed by atoms with van der Waals surface area (Å²) in [7, 11) is 0. The van der Waals surface area contributed by atoms with Gasteiger partial charge in [0.05, 0.1) is 5.92 Å². The van der Waals surface area contributed by atoms with E-state index in [-0.39, 0.29) is 24.2 Å². The highest BCUT2D eigenvalue weighted by Gasteiger charge is 2.35. The molecule has 0 radical (unpaired) electrons. The molecule has 1 aliphatic heterocycles. The fourth-order valence-corrected chi connectivity index (χ4v) is 3.45. The van der Waals surface area contributed by atoms with E-state index in [2.05, 4.69) is 11.4 Å². The molecule has 2 aromatic carbocycles. The Kier molecular flexibility index (Phi) is 4.82. The van der Waals surface area contributed by atoms with E-state index in [0.717, 1.165) is 28.1 Å². The van der Waals surface area contributed by atoms with Gasteiger partial charge in [0.2, 0.25) is 11.8 Å². The van der Waals surface area contributed by atoms with E-state index in [1.807, 2.05) is 39.0 Å². The van der Waals surface area contributed by atoms with Gasteiger partial charge < -0.3 is 10.2 Å². The molecule has 130 valence electrons. The number of hydrogen-bond acceptors (Lipinski definition) is 2. The van der Waals surface area contributed by atoms with E-state index in [9.17, 15) is 9.59 Å². The lowest BCUT2D eigenvalue weighted by Crippen LogP contribution is -2.28. The zero-order valence-corrected chi connectivity index (χ0v) is 15.4. The molecule has 25 heavy (non-hydrogen) atoms. The molecule has 1 saturated heterocycles. The number of benzene rings is 2. The van der Waals surface area contributed by atoms with Gasteiger partial charge in [-0.2, -0.15) is 0 Å². The minimum absolute atomic E-state index is 0.0501. The van der Waals surface area contributed by atoms with Crippen LogP contribution in [0.1, 0.15) is 23.1 Å². The molecule has 1 heterocycles. The minimum atomic E-state index is -0.369. The Hall–Kier alpha value is -2.33. The van der Waals surface area contributed by atoms with Gasteiger partial charge in [-0.1, -0.05) is 23.7 Å². The van der Waals surface area contributed by atoms with Crippen molar-refractivity contribution in [1.29, 1.82) is 0 Å². The van der Waals surface area contributed by atoms with Gasteiger partial charge in [0.15, 0.2) is 0 Å². The normalized spacial score (nSPS) is 17.0. The van der Waals surface area contributed by atoms with Crippen molar-refractivity contribution in [3.8, 4) is 0 Å². The van der Waals surface area contributed by atoms with Crippen LogP contribution in [0.15, 0.2) is 36.4 Å². The molecule has 1 atom stereocenters. The maximum Gasteiger partial charge on any atom is 0.229 e. The topological polar surface area (TPSA) is 49.4 Å². The largest absolute Gasteiger partial charge is 0.326 e. The van der Waals surface area contributed by atoms with Crippen molar-refractivity contribution in [2.75, 3.05) is 16.8 Å². The number of amides is 2. The van der Waals surface area contributed by atoms with Gasteiger partial charge in [0, 0.05) is 29.4 Å². The third kappa shape index (κ3) is 3.85. The van der Waals surface area contributed by atoms with E-state index in [0.29, 0.717) is 11.6 Å². The molecule has 2 amide bonds. The van der Waals surface area contributed by atoms with Crippen molar-refractivity contribution in [2.45, 2.75) is 27.2 Å². The fourth-order valence-electron chi connectivity index (χ4n) is 3.28. The summed E-state index contributed by atoms with van der Waals surface area (Å²) in [4.78, 5) is 26.7. The molecule has 0 bridgehead atoms. The maximum absolute atomic E-state index is 12.6. The molecular weight excluding hydrogens is 336 g/mol. The number of hydrogen-bond donors (Lipinski definition) is 1. The molecule has 0 aromatic heterocycles. The van der Waals surface area contributed by atoms with Crippen LogP contribution < -0.4 is 10.2 Å². The summed E-state index contributed by atoms with van der Waals surface area (Å²) in [6.07, 6.45) is 0.211. The second kappa shape index (κ2) is 6.89. The lowest BCUT2D eigenvalue weighted by atomic mass is 10.1. The summed E-state index contributed by atoms with van der Waals surface area (Å²) in [6, 6.07) is 11.4. The highest BCUT2D eigenvalue weighted by molar-refractivity contribution is 6.31. The zero-order valence-electron chi connectivity index (χ0n) is 14.6. The maximum atomic E-state index is 12.6. The summed E-state index contributed by atoms with van der Waals surface area (Å²) < 4.78 is 0. The number of rotatable bonds is 3. The Bertz CT molecular complexity index is 827. The quantitative estimate of drug-likeness (QED) is 0.893. The molecule has 0 aliphatic carbocycles. The number of carbonyl (C=O) groups excluding carboxylic acids is 2. The van der Waals surface area contributed by atoms with Crippen LogP contribution in [0, 0.1) is 26.7 Å². The van der Waals surface area contributed by atoms with Gasteiger partial charge in [0.25, 0.3) is 0 Å². The van der Waals surface area contributed by atoms with E-state index < -0.39 is 0 Å². The van der Waals surface area contributed by atoms with Crippen LogP contribution >= 0.6 is 11.6 Å². The summed E-state index contributed by atoms with van der Waals surface area (Å²) in [5.41, 5.74) is 4.70. The fraction of sp³-hybridized carbons (Fsp3) is 0.300. The summed E-state index contributed by atoms with van der Waals surface area (Å²) in [5.74, 6) is -0.543. The third-order valence-electron chi connectivity index (χ3n) is 4.45. The van der Waals surface area contributed by atoms with E-state index in [1.54, 1.807) is 17.0 Å². The molecule has 3 rings (SSSR count). The number of carbonyl (C=O) groups is 2. The van der Waals surface area contributed by atoms with Gasteiger partial charge in [-0.05, 0) is 61.7 Å². The van der Waals surface area contributed by atoms with E-state index >= 15 is 0 Å². The molecular formula is C20H21ClN2O2. The van der Waals surface area contributed by atoms with Gasteiger partial charge >= 0.3 is 0 Å². The number of halogens is 1. The van der Waals surface area contributed by atoms with E-state index in [1.165, 1.54) is 0 Å². The van der Waals surface area contributed by atoms with Gasteiger partial charge in [-0.15, -0.1) is 0 Å². The first-order chi connectivity index (χ1) is 11.8. The molecule has 5 heteroatoms. The van der Waals surface area contributed by atoms with Gasteiger partial charge in [-0.25, -0.2) is 0 Å². The third-order valence-corrected chi connectivity index (χ3v) is 4.68. The Morgan fingerprint density at radius 2 is 1.80 bits per heavy atom. The Labute approximate surface area is 152 Å². The monoisotopic (exact) mass is 356 g/mol. The number of anilines is 2. The summed E-state index contributed by atoms with van der Waals surface area (Å²) in [6.45, 7) is 6.29. The lowest BCUT2D eigenvalue weighted by Gasteiger charge is -2.19. The van der Waals surface area contributed by atoms with Crippen LogP contribution in [0.5, 0.6) is 0 Å². The second-order valence-electron chi connectivity index (χ2n) is 6.70. The first-order valence-corrected chi connectivity index (χ1v) is 8.67. The highest BCUT2D eigenvalue weighted by Crippen LogP contribution is 2.30. The first kappa shape index (κ1) is 17.5. The Balaban J connectivity index is 1.75. The van der Waals surface area contributed by atoms with Crippen LogP contribution in [0.2, 0.25) is 5.02 Å². The number of nitrogens with zero attached hydrogens (tertiary/aromatic N) is 1. The molecule has 2 aromatic rings. The van der Waals surface area contributed by atoms with Crippen LogP contribution in [0.25, 0.3) is 0 Å². The number of nitrogens with one attached hydrogen (secondary N) is 1. The molecule has 1 N–H and O–H groups in total. The Morgan fingerprint density at radius 1 is 1.12 bits per heavy atom. The van der Waals surface area contributed by atoms with Gasteiger partial charge in [-0.3, -0.25) is 9.59 Å². The van der Waals surface area contributed by atoms with Crippen molar-refractivity contribution in [3.05, 3.63) is 58.1 Å². The summed E-state index contributed by atoms with van der Waals surface area (Å²) in [5, 5.41) is 3.52. The molecule has 1 fully saturated rings. The standard InChI is InChI=1S/C20H21ClN2O2/c1-12-6-13(2)8-17(7-12)22-20(25)15-9-19(24)23(11-15)18-10-16(21)5-4-14(18)3/h4-8,10,15H,9,11H2,1-3H3,(H,22,25). The molecule has 1 aliphatic rings. The zero-order chi connectivity index (χ0) is 18.1.